The number of aromatic nitrogens is 2. The van der Waals surface area contributed by atoms with E-state index in [4.69, 9.17) is 5.73 Å². The number of carbonyl (C=O) groups excluding carboxylic acids is 2. The molecule has 1 aromatic heterocycles. The number of nitrogens with two attached hydrogens (primary N) is 1. The Labute approximate surface area is 80.1 Å². The maximum atomic E-state index is 11.7. The molecule has 1 unspecified atom stereocenters. The van der Waals surface area contributed by atoms with Crippen molar-refractivity contribution >= 4 is 11.8 Å². The molecule has 2 rings (SSSR count). The van der Waals surface area contributed by atoms with E-state index < -0.39 is 11.9 Å². The summed E-state index contributed by atoms with van der Waals surface area (Å²) in [5.74, 6) is -0.651. The van der Waals surface area contributed by atoms with Crippen LogP contribution in [0.3, 0.4) is 0 Å². The average molecular weight is 194 g/mol. The van der Waals surface area contributed by atoms with Gasteiger partial charge >= 0.3 is 0 Å². The number of H-pyrrole nitrogens is 1. The standard InChI is InChI=1S/C8H10N4O2/c9-7(13)6-1-2-12(6)8(14)5-3-10-11-4-5/h3-4,6H,1-2H2,(H2,9,13)(H,10,11). The molecule has 1 aliphatic rings. The molecule has 1 atom stereocenters. The van der Waals surface area contributed by atoms with Crippen molar-refractivity contribution in [3.63, 3.8) is 0 Å². The molecule has 3 N–H and O–H groups in total. The average Bonchev–Trinajstić information content (AvgIpc) is 2.51. The van der Waals surface area contributed by atoms with Gasteiger partial charge in [0.15, 0.2) is 0 Å². The number of carbonyl (C=O) groups is 2. The maximum absolute atomic E-state index is 11.7. The van der Waals surface area contributed by atoms with Gasteiger partial charge in [0.25, 0.3) is 5.91 Å². The first kappa shape index (κ1) is 8.74. The Balaban J connectivity index is 2.10. The summed E-state index contributed by atoms with van der Waals surface area (Å²) >= 11 is 0. The largest absolute Gasteiger partial charge is 0.368 e. The predicted octanol–water partition coefficient (Wildman–Crippen LogP) is -0.891. The van der Waals surface area contributed by atoms with E-state index in [2.05, 4.69) is 10.2 Å². The Bertz CT molecular complexity index is 359. The zero-order valence-corrected chi connectivity index (χ0v) is 7.43. The molecule has 14 heavy (non-hydrogen) atoms. The van der Waals surface area contributed by atoms with E-state index in [-0.39, 0.29) is 5.91 Å². The van der Waals surface area contributed by atoms with Gasteiger partial charge in [-0.1, -0.05) is 0 Å². The van der Waals surface area contributed by atoms with Crippen LogP contribution in [0.25, 0.3) is 0 Å². The molecule has 2 heterocycles. The summed E-state index contributed by atoms with van der Waals surface area (Å²) in [7, 11) is 0. The van der Waals surface area contributed by atoms with Crippen molar-refractivity contribution in [2.24, 2.45) is 5.73 Å². The third-order valence-corrected chi connectivity index (χ3v) is 2.35. The van der Waals surface area contributed by atoms with Gasteiger partial charge in [0.1, 0.15) is 6.04 Å². The summed E-state index contributed by atoms with van der Waals surface area (Å²) in [6, 6.07) is -0.447. The van der Waals surface area contributed by atoms with E-state index in [0.717, 1.165) is 0 Å². The lowest BCUT2D eigenvalue weighted by Crippen LogP contribution is -2.57. The number of nitrogens with one attached hydrogen (secondary N) is 1. The lowest BCUT2D eigenvalue weighted by molar-refractivity contribution is -0.125. The van der Waals surface area contributed by atoms with Gasteiger partial charge in [0.05, 0.1) is 11.8 Å². The van der Waals surface area contributed by atoms with Crippen LogP contribution in [0.15, 0.2) is 12.4 Å². The molecule has 0 aliphatic carbocycles. The number of amides is 2. The molecule has 6 nitrogen and oxygen atoms in total. The van der Waals surface area contributed by atoms with Crippen LogP contribution in [0.5, 0.6) is 0 Å². The second-order valence-electron chi connectivity index (χ2n) is 3.19. The molecular formula is C8H10N4O2. The minimum Gasteiger partial charge on any atom is -0.368 e. The highest BCUT2D eigenvalue weighted by atomic mass is 16.2. The van der Waals surface area contributed by atoms with Gasteiger partial charge in [0, 0.05) is 12.7 Å². The summed E-state index contributed by atoms with van der Waals surface area (Å²) < 4.78 is 0. The summed E-state index contributed by atoms with van der Waals surface area (Å²) in [6.07, 6.45) is 3.58. The number of primary amides is 1. The van der Waals surface area contributed by atoms with E-state index in [9.17, 15) is 9.59 Å². The van der Waals surface area contributed by atoms with Crippen LogP contribution in [-0.4, -0.2) is 39.5 Å². The number of nitrogens with zero attached hydrogens (tertiary/aromatic N) is 2. The maximum Gasteiger partial charge on any atom is 0.257 e. The number of likely N-dealkylation sites (tertiary alicyclic amines) is 1. The zero-order chi connectivity index (χ0) is 10.1. The van der Waals surface area contributed by atoms with Gasteiger partial charge in [-0.25, -0.2) is 0 Å². The Hall–Kier alpha value is -1.85. The molecule has 74 valence electrons. The third kappa shape index (κ3) is 1.24. The SMILES string of the molecule is NC(=O)C1CCN1C(=O)c1cn[nH]c1. The highest BCUT2D eigenvalue weighted by Gasteiger charge is 2.36. The quantitative estimate of drug-likeness (QED) is 0.639. The molecule has 1 saturated heterocycles. The fourth-order valence-electron chi connectivity index (χ4n) is 1.46. The molecule has 0 spiro atoms. The van der Waals surface area contributed by atoms with Crippen molar-refractivity contribution in [3.05, 3.63) is 18.0 Å². The van der Waals surface area contributed by atoms with Crippen LogP contribution in [-0.2, 0) is 4.79 Å². The highest BCUT2D eigenvalue weighted by Crippen LogP contribution is 2.19. The molecule has 0 aromatic carbocycles. The second kappa shape index (κ2) is 3.13. The van der Waals surface area contributed by atoms with Gasteiger partial charge in [-0.2, -0.15) is 5.10 Å². The lowest BCUT2D eigenvalue weighted by atomic mass is 10.0. The predicted molar refractivity (Wildman–Crippen MR) is 47.2 cm³/mol. The fraction of sp³-hybridized carbons (Fsp3) is 0.375. The molecule has 1 aliphatic heterocycles. The minimum absolute atomic E-state index is 0.200. The van der Waals surface area contributed by atoms with E-state index in [1.807, 2.05) is 0 Å². The number of hydrogen-bond acceptors (Lipinski definition) is 3. The van der Waals surface area contributed by atoms with Crippen LogP contribution in [0, 0.1) is 0 Å². The second-order valence-corrected chi connectivity index (χ2v) is 3.19. The van der Waals surface area contributed by atoms with Crippen LogP contribution in [0.2, 0.25) is 0 Å². The molecule has 2 amide bonds. The van der Waals surface area contributed by atoms with Crippen LogP contribution < -0.4 is 5.73 Å². The molecule has 0 saturated carbocycles. The molecule has 0 bridgehead atoms. The van der Waals surface area contributed by atoms with Crippen molar-refractivity contribution in [2.45, 2.75) is 12.5 Å². The van der Waals surface area contributed by atoms with Gasteiger partial charge in [-0.3, -0.25) is 14.7 Å². The van der Waals surface area contributed by atoms with Crippen molar-refractivity contribution in [1.82, 2.24) is 15.1 Å². The van der Waals surface area contributed by atoms with Crippen molar-refractivity contribution in [2.75, 3.05) is 6.54 Å². The van der Waals surface area contributed by atoms with Crippen molar-refractivity contribution in [3.8, 4) is 0 Å². The number of rotatable bonds is 2. The first-order valence-electron chi connectivity index (χ1n) is 4.29. The van der Waals surface area contributed by atoms with Crippen LogP contribution in [0.4, 0.5) is 0 Å². The van der Waals surface area contributed by atoms with Gasteiger partial charge in [0.2, 0.25) is 5.91 Å². The van der Waals surface area contributed by atoms with Crippen molar-refractivity contribution in [1.29, 1.82) is 0 Å². The van der Waals surface area contributed by atoms with Crippen LogP contribution in [0.1, 0.15) is 16.8 Å². The summed E-state index contributed by atoms with van der Waals surface area (Å²) in [5.41, 5.74) is 5.58. The number of hydrogen-bond donors (Lipinski definition) is 2. The summed E-state index contributed by atoms with van der Waals surface area (Å²) in [4.78, 5) is 24.0. The molecule has 1 fully saturated rings. The van der Waals surface area contributed by atoms with Gasteiger partial charge in [-0.05, 0) is 6.42 Å². The Morgan fingerprint density at radius 2 is 2.43 bits per heavy atom. The normalized spacial score (nSPS) is 20.3. The first-order chi connectivity index (χ1) is 6.70. The summed E-state index contributed by atoms with van der Waals surface area (Å²) in [6.45, 7) is 0.581. The molecule has 6 heteroatoms. The molecule has 0 radical (unpaired) electrons. The highest BCUT2D eigenvalue weighted by molar-refractivity contribution is 5.97. The number of aromatic amines is 1. The first-order valence-corrected chi connectivity index (χ1v) is 4.29. The fourth-order valence-corrected chi connectivity index (χ4v) is 1.46. The van der Waals surface area contributed by atoms with Crippen molar-refractivity contribution < 1.29 is 9.59 Å². The molecule has 1 aromatic rings. The summed E-state index contributed by atoms with van der Waals surface area (Å²) in [5, 5.41) is 6.21. The van der Waals surface area contributed by atoms with E-state index in [1.54, 1.807) is 0 Å². The van der Waals surface area contributed by atoms with E-state index in [1.165, 1.54) is 17.3 Å². The molecular weight excluding hydrogens is 184 g/mol. The lowest BCUT2D eigenvalue weighted by Gasteiger charge is -2.38. The Kier molecular flexibility index (Phi) is 1.95. The smallest absolute Gasteiger partial charge is 0.257 e. The minimum atomic E-state index is -0.451. The Morgan fingerprint density at radius 3 is 2.86 bits per heavy atom. The van der Waals surface area contributed by atoms with Crippen LogP contribution >= 0.6 is 0 Å². The van der Waals surface area contributed by atoms with Gasteiger partial charge < -0.3 is 10.6 Å². The van der Waals surface area contributed by atoms with Gasteiger partial charge in [-0.15, -0.1) is 0 Å². The van der Waals surface area contributed by atoms with E-state index in [0.29, 0.717) is 18.5 Å². The monoisotopic (exact) mass is 194 g/mol. The Morgan fingerprint density at radius 1 is 1.64 bits per heavy atom. The van der Waals surface area contributed by atoms with E-state index >= 15 is 0 Å². The topological polar surface area (TPSA) is 92.1 Å². The third-order valence-electron chi connectivity index (χ3n) is 2.35. The zero-order valence-electron chi connectivity index (χ0n) is 7.43.